The van der Waals surface area contributed by atoms with Crippen molar-refractivity contribution in [3.63, 3.8) is 0 Å². The molecule has 2 aromatic carbocycles. The maximum atomic E-state index is 12.6. The van der Waals surface area contributed by atoms with Gasteiger partial charge in [-0.05, 0) is 56.0 Å². The highest BCUT2D eigenvalue weighted by Crippen LogP contribution is 2.22. The molecular weight excluding hydrogens is 372 g/mol. The second-order valence-corrected chi connectivity index (χ2v) is 9.08. The molecule has 0 fully saturated rings. The number of hydrogen-bond donors (Lipinski definition) is 0. The van der Waals surface area contributed by atoms with Gasteiger partial charge in [-0.2, -0.15) is 0 Å². The molecule has 152 valence electrons. The van der Waals surface area contributed by atoms with E-state index in [0.717, 1.165) is 16.7 Å². The Morgan fingerprint density at radius 1 is 1.00 bits per heavy atom. The fraction of sp³-hybridized carbons (Fsp3) is 0.409. The Kier molecular flexibility index (Phi) is 7.63. The van der Waals surface area contributed by atoms with Gasteiger partial charge in [0.2, 0.25) is 15.9 Å². The molecule has 5 nitrogen and oxygen atoms in total. The van der Waals surface area contributed by atoms with Crippen molar-refractivity contribution in [3.8, 4) is 0 Å². The van der Waals surface area contributed by atoms with Gasteiger partial charge in [-0.3, -0.25) is 9.10 Å². The number of benzene rings is 2. The van der Waals surface area contributed by atoms with E-state index < -0.39 is 10.0 Å². The van der Waals surface area contributed by atoms with Gasteiger partial charge < -0.3 is 4.90 Å². The van der Waals surface area contributed by atoms with Gasteiger partial charge in [0.15, 0.2) is 0 Å². The van der Waals surface area contributed by atoms with Crippen LogP contribution in [0, 0.1) is 13.8 Å². The number of anilines is 1. The molecule has 28 heavy (non-hydrogen) atoms. The number of amides is 1. The minimum Gasteiger partial charge on any atom is -0.339 e. The van der Waals surface area contributed by atoms with Crippen molar-refractivity contribution in [2.45, 2.75) is 40.2 Å². The van der Waals surface area contributed by atoms with E-state index in [9.17, 15) is 13.2 Å². The molecule has 1 amide bonds. The number of carbonyl (C=O) groups is 1. The summed E-state index contributed by atoms with van der Waals surface area (Å²) in [7, 11) is -3.42. The van der Waals surface area contributed by atoms with Gasteiger partial charge in [0.1, 0.15) is 0 Å². The third-order valence-corrected chi connectivity index (χ3v) is 5.79. The average molecular weight is 403 g/mol. The zero-order valence-electron chi connectivity index (χ0n) is 17.2. The molecule has 0 aromatic heterocycles. The molecular formula is C22H30N2O3S. The predicted octanol–water partition coefficient (Wildman–Crippen LogP) is 3.90. The summed E-state index contributed by atoms with van der Waals surface area (Å²) in [4.78, 5) is 14.4. The van der Waals surface area contributed by atoms with E-state index in [1.807, 2.05) is 69.3 Å². The number of carbonyl (C=O) groups excluding carboxylic acids is 1. The molecule has 0 saturated carbocycles. The zero-order chi connectivity index (χ0) is 20.7. The van der Waals surface area contributed by atoms with Crippen LogP contribution in [0.3, 0.4) is 0 Å². The minimum absolute atomic E-state index is 0.0419. The van der Waals surface area contributed by atoms with Crippen molar-refractivity contribution in [3.05, 3.63) is 65.2 Å². The van der Waals surface area contributed by atoms with Crippen LogP contribution in [-0.4, -0.2) is 38.6 Å². The lowest BCUT2D eigenvalue weighted by Crippen LogP contribution is -2.33. The van der Waals surface area contributed by atoms with Crippen molar-refractivity contribution in [1.82, 2.24) is 4.90 Å². The van der Waals surface area contributed by atoms with Crippen LogP contribution in [0.2, 0.25) is 0 Å². The Morgan fingerprint density at radius 2 is 1.61 bits per heavy atom. The third kappa shape index (κ3) is 6.37. The first kappa shape index (κ1) is 22.0. The molecule has 0 spiro atoms. The van der Waals surface area contributed by atoms with Crippen molar-refractivity contribution >= 4 is 21.6 Å². The lowest BCUT2D eigenvalue weighted by molar-refractivity contribution is -0.131. The summed E-state index contributed by atoms with van der Waals surface area (Å²) in [6.07, 6.45) is 2.00. The summed E-state index contributed by atoms with van der Waals surface area (Å²) in [5, 5.41) is 0. The number of nitrogens with zero attached hydrogens (tertiary/aromatic N) is 2. The maximum absolute atomic E-state index is 12.6. The van der Waals surface area contributed by atoms with Gasteiger partial charge in [0, 0.05) is 26.1 Å². The minimum atomic E-state index is -3.42. The van der Waals surface area contributed by atoms with Gasteiger partial charge in [-0.25, -0.2) is 8.42 Å². The van der Waals surface area contributed by atoms with E-state index in [1.54, 1.807) is 4.90 Å². The zero-order valence-corrected chi connectivity index (χ0v) is 18.0. The molecule has 0 heterocycles. The van der Waals surface area contributed by atoms with Crippen molar-refractivity contribution in [1.29, 1.82) is 0 Å². The Balaban J connectivity index is 2.02. The summed E-state index contributed by atoms with van der Waals surface area (Å²) in [6.45, 7) is 7.34. The normalized spacial score (nSPS) is 11.3. The predicted molar refractivity (Wildman–Crippen MR) is 115 cm³/mol. The topological polar surface area (TPSA) is 57.7 Å². The summed E-state index contributed by atoms with van der Waals surface area (Å²) in [5.41, 5.74) is 3.77. The first-order valence-electron chi connectivity index (χ1n) is 9.58. The van der Waals surface area contributed by atoms with Crippen molar-refractivity contribution < 1.29 is 13.2 Å². The number of rotatable bonds is 9. The number of hydrogen-bond acceptors (Lipinski definition) is 3. The summed E-state index contributed by atoms with van der Waals surface area (Å²) in [6, 6.07) is 15.6. The third-order valence-electron chi connectivity index (χ3n) is 4.60. The first-order chi connectivity index (χ1) is 13.2. The van der Waals surface area contributed by atoms with Crippen LogP contribution in [0.1, 0.15) is 36.5 Å². The van der Waals surface area contributed by atoms with Crippen LogP contribution in [0.4, 0.5) is 5.69 Å². The maximum Gasteiger partial charge on any atom is 0.232 e. The molecule has 0 aliphatic carbocycles. The standard InChI is InChI=1S/C22H30N2O3S/c1-5-23(17-20-10-7-6-8-11-20)22(25)12-9-13-24(28(4,26)27)21-15-18(2)14-19(3)16-21/h6-8,10-11,14-16H,5,9,12-13,17H2,1-4H3. The molecule has 2 aromatic rings. The number of aryl methyl sites for hydroxylation is 2. The van der Waals surface area contributed by atoms with E-state index in [0.29, 0.717) is 31.6 Å². The van der Waals surface area contributed by atoms with Crippen LogP contribution in [0.25, 0.3) is 0 Å². The molecule has 0 saturated heterocycles. The van der Waals surface area contributed by atoms with E-state index in [2.05, 4.69) is 0 Å². The molecule has 0 unspecified atom stereocenters. The summed E-state index contributed by atoms with van der Waals surface area (Å²) >= 11 is 0. The fourth-order valence-electron chi connectivity index (χ4n) is 3.29. The monoisotopic (exact) mass is 402 g/mol. The molecule has 6 heteroatoms. The molecule has 2 rings (SSSR count). The molecule has 0 atom stereocenters. The van der Waals surface area contributed by atoms with Crippen LogP contribution >= 0.6 is 0 Å². The Labute approximate surface area is 169 Å². The smallest absolute Gasteiger partial charge is 0.232 e. The lowest BCUT2D eigenvalue weighted by atomic mass is 10.1. The summed E-state index contributed by atoms with van der Waals surface area (Å²) in [5.74, 6) is 0.0419. The quantitative estimate of drug-likeness (QED) is 0.639. The highest BCUT2D eigenvalue weighted by Gasteiger charge is 2.19. The highest BCUT2D eigenvalue weighted by molar-refractivity contribution is 7.92. The second kappa shape index (κ2) is 9.73. The molecule has 0 aliphatic rings. The van der Waals surface area contributed by atoms with Crippen LogP contribution in [-0.2, 0) is 21.4 Å². The van der Waals surface area contributed by atoms with Gasteiger partial charge in [0.25, 0.3) is 0 Å². The van der Waals surface area contributed by atoms with Gasteiger partial charge in [0.05, 0.1) is 11.9 Å². The van der Waals surface area contributed by atoms with E-state index in [1.165, 1.54) is 10.6 Å². The van der Waals surface area contributed by atoms with Crippen LogP contribution in [0.15, 0.2) is 48.5 Å². The molecule has 0 bridgehead atoms. The van der Waals surface area contributed by atoms with Gasteiger partial charge in [-0.15, -0.1) is 0 Å². The Bertz CT molecular complexity index is 875. The lowest BCUT2D eigenvalue weighted by Gasteiger charge is -2.25. The van der Waals surface area contributed by atoms with Crippen LogP contribution in [0.5, 0.6) is 0 Å². The largest absolute Gasteiger partial charge is 0.339 e. The van der Waals surface area contributed by atoms with Crippen molar-refractivity contribution in [2.24, 2.45) is 0 Å². The SMILES string of the molecule is CCN(Cc1ccccc1)C(=O)CCCN(c1cc(C)cc(C)c1)S(C)(=O)=O. The molecule has 0 radical (unpaired) electrons. The van der Waals surface area contributed by atoms with E-state index in [4.69, 9.17) is 0 Å². The van der Waals surface area contributed by atoms with E-state index >= 15 is 0 Å². The van der Waals surface area contributed by atoms with E-state index in [-0.39, 0.29) is 12.5 Å². The van der Waals surface area contributed by atoms with Gasteiger partial charge >= 0.3 is 0 Å². The average Bonchev–Trinajstić information content (AvgIpc) is 2.62. The van der Waals surface area contributed by atoms with Crippen molar-refractivity contribution in [2.75, 3.05) is 23.7 Å². The first-order valence-corrected chi connectivity index (χ1v) is 11.4. The fourth-order valence-corrected chi connectivity index (χ4v) is 4.24. The second-order valence-electron chi connectivity index (χ2n) is 7.18. The van der Waals surface area contributed by atoms with Crippen LogP contribution < -0.4 is 4.31 Å². The summed E-state index contributed by atoms with van der Waals surface area (Å²) < 4.78 is 26.0. The molecule has 0 aliphatic heterocycles. The number of sulfonamides is 1. The molecule has 0 N–H and O–H groups in total. The Hall–Kier alpha value is -2.34. The Morgan fingerprint density at radius 3 is 2.14 bits per heavy atom. The highest BCUT2D eigenvalue weighted by atomic mass is 32.2. The van der Waals surface area contributed by atoms with Gasteiger partial charge in [-0.1, -0.05) is 36.4 Å².